The van der Waals surface area contributed by atoms with Crippen LogP contribution >= 0.6 is 11.3 Å². The minimum Gasteiger partial charge on any atom is -0.311 e. The molecule has 0 bridgehead atoms. The third-order valence-corrected chi connectivity index (χ3v) is 15.7. The van der Waals surface area contributed by atoms with Crippen molar-refractivity contribution in [2.75, 3.05) is 14.7 Å². The highest BCUT2D eigenvalue weighted by molar-refractivity contribution is 7.26. The van der Waals surface area contributed by atoms with Gasteiger partial charge in [0.1, 0.15) is 0 Å². The van der Waals surface area contributed by atoms with Gasteiger partial charge < -0.3 is 14.7 Å². The van der Waals surface area contributed by atoms with Crippen molar-refractivity contribution >= 4 is 82.7 Å². The number of rotatable bonds is 8. The zero-order chi connectivity index (χ0) is 46.9. The third-order valence-electron chi connectivity index (χ3n) is 14.6. The van der Waals surface area contributed by atoms with Crippen LogP contribution in [-0.2, 0) is 5.41 Å². The first-order valence-corrected chi connectivity index (χ1v) is 25.2. The summed E-state index contributed by atoms with van der Waals surface area (Å²) >= 11 is 1.87. The molecule has 14 rings (SSSR count). The average molecular weight is 924 g/mol. The predicted molar refractivity (Wildman–Crippen MR) is 300 cm³/mol. The van der Waals surface area contributed by atoms with Crippen molar-refractivity contribution in [1.29, 1.82) is 0 Å². The smallest absolute Gasteiger partial charge is 0.0754 e. The van der Waals surface area contributed by atoms with Crippen LogP contribution in [0.2, 0.25) is 0 Å². The van der Waals surface area contributed by atoms with E-state index in [0.29, 0.717) is 0 Å². The van der Waals surface area contributed by atoms with Crippen LogP contribution in [-0.4, -0.2) is 0 Å². The molecule has 0 saturated heterocycles. The number of hydrogen-bond donors (Lipinski definition) is 0. The maximum atomic E-state index is 2.50. The molecule has 3 nitrogen and oxygen atoms in total. The van der Waals surface area contributed by atoms with E-state index in [-0.39, 0.29) is 0 Å². The number of anilines is 9. The van der Waals surface area contributed by atoms with Gasteiger partial charge in [-0.05, 0) is 148 Å². The second-order valence-corrected chi connectivity index (χ2v) is 19.5. The maximum absolute atomic E-state index is 2.50. The molecule has 0 radical (unpaired) electrons. The van der Waals surface area contributed by atoms with Crippen LogP contribution in [0.4, 0.5) is 51.2 Å². The second-order valence-electron chi connectivity index (χ2n) is 18.4. The Hall–Kier alpha value is -8.96. The monoisotopic (exact) mass is 923 g/mol. The maximum Gasteiger partial charge on any atom is 0.0754 e. The van der Waals surface area contributed by atoms with Crippen LogP contribution in [0.3, 0.4) is 0 Å². The Labute approximate surface area is 418 Å². The molecule has 11 aromatic carbocycles. The summed E-state index contributed by atoms with van der Waals surface area (Å²) in [7, 11) is 0. The van der Waals surface area contributed by atoms with E-state index in [1.54, 1.807) is 0 Å². The quantitative estimate of drug-likeness (QED) is 0.150. The van der Waals surface area contributed by atoms with Gasteiger partial charge >= 0.3 is 0 Å². The molecular weight excluding hydrogens is 879 g/mol. The van der Waals surface area contributed by atoms with Crippen molar-refractivity contribution in [1.82, 2.24) is 0 Å². The highest BCUT2D eigenvalue weighted by Crippen LogP contribution is 2.64. The first kappa shape index (κ1) is 41.1. The van der Waals surface area contributed by atoms with Gasteiger partial charge in [0.25, 0.3) is 0 Å². The van der Waals surface area contributed by atoms with Crippen LogP contribution in [0.25, 0.3) is 42.4 Å². The van der Waals surface area contributed by atoms with Crippen LogP contribution in [0.1, 0.15) is 22.3 Å². The Morgan fingerprint density at radius 3 is 1.46 bits per heavy atom. The fourth-order valence-electron chi connectivity index (χ4n) is 11.7. The summed E-state index contributed by atoms with van der Waals surface area (Å²) in [5, 5.41) is 2.51. The van der Waals surface area contributed by atoms with Gasteiger partial charge in [-0.15, -0.1) is 11.3 Å². The molecule has 1 spiro atoms. The summed E-state index contributed by atoms with van der Waals surface area (Å²) in [6.45, 7) is 0. The summed E-state index contributed by atoms with van der Waals surface area (Å²) in [4.78, 5) is 7.27. The summed E-state index contributed by atoms with van der Waals surface area (Å²) in [5.74, 6) is 0. The molecule has 2 aliphatic rings. The van der Waals surface area contributed by atoms with E-state index in [0.717, 1.165) is 45.4 Å². The van der Waals surface area contributed by atoms with Gasteiger partial charge in [0.05, 0.1) is 22.5 Å². The molecule has 4 heteroatoms. The highest BCUT2D eigenvalue weighted by Gasteiger charge is 2.51. The molecular formula is C67H45N3S. The largest absolute Gasteiger partial charge is 0.311 e. The second kappa shape index (κ2) is 16.6. The first-order chi connectivity index (χ1) is 35.2. The van der Waals surface area contributed by atoms with Crippen LogP contribution < -0.4 is 14.7 Å². The normalized spacial score (nSPS) is 12.9. The molecule has 0 amide bonds. The van der Waals surface area contributed by atoms with Gasteiger partial charge in [0.15, 0.2) is 0 Å². The average Bonchev–Trinajstić information content (AvgIpc) is 3.96. The molecule has 0 unspecified atom stereocenters. The number of hydrogen-bond acceptors (Lipinski definition) is 4. The number of para-hydroxylation sites is 6. The molecule has 1 aliphatic carbocycles. The lowest BCUT2D eigenvalue weighted by Gasteiger charge is -2.45. The first-order valence-electron chi connectivity index (χ1n) is 24.3. The van der Waals surface area contributed by atoms with E-state index in [4.69, 9.17) is 0 Å². The van der Waals surface area contributed by atoms with E-state index in [1.165, 1.54) is 70.5 Å². The van der Waals surface area contributed by atoms with Crippen molar-refractivity contribution in [3.05, 3.63) is 295 Å². The Bertz CT molecular complexity index is 3860. The van der Waals surface area contributed by atoms with E-state index in [9.17, 15) is 0 Å². The van der Waals surface area contributed by atoms with Crippen LogP contribution in [0, 0.1) is 0 Å². The fourth-order valence-corrected chi connectivity index (χ4v) is 12.8. The van der Waals surface area contributed by atoms with E-state index in [1.807, 2.05) is 11.3 Å². The SMILES string of the molecule is c1ccc(N(c2ccccc2)c2ccc(-c3cc(N(c4ccccc4)c4ccc5c(c4)-c4ccccc4C54c5ccccc5N(c5ccccc5)c5ccccc54)c4c(c3)sc3ccccc34)cc2)cc1. The van der Waals surface area contributed by atoms with E-state index in [2.05, 4.69) is 288 Å². The zero-order valence-electron chi connectivity index (χ0n) is 38.7. The molecule has 1 aromatic heterocycles. The Morgan fingerprint density at radius 2 is 0.817 bits per heavy atom. The van der Waals surface area contributed by atoms with E-state index >= 15 is 0 Å². The lowest BCUT2D eigenvalue weighted by atomic mass is 9.64. The fraction of sp³-hybridized carbons (Fsp3) is 0.0149. The zero-order valence-corrected chi connectivity index (χ0v) is 39.5. The van der Waals surface area contributed by atoms with Gasteiger partial charge in [-0.2, -0.15) is 0 Å². The third kappa shape index (κ3) is 6.42. The standard InChI is InChI=1S/C67H45N3S/c1-5-21-48(22-6-1)68(49-23-7-2-8-24-49)52-39-37-46(38-40-52)47-43-63(66-55-30-14-20-36-64(55)71-65(66)44-47)69(50-25-9-3-10-26-50)53-41-42-58-56(45-53)54-29-13-15-31-57(54)67(58)59-32-16-18-34-61(59)70(51-27-11-4-12-28-51)62-35-19-17-33-60(62)67/h1-45H. The summed E-state index contributed by atoms with van der Waals surface area (Å²) in [6, 6.07) is 100. The van der Waals surface area contributed by atoms with Crippen molar-refractivity contribution in [2.45, 2.75) is 5.41 Å². The molecule has 2 heterocycles. The molecule has 0 N–H and O–H groups in total. The lowest BCUT2D eigenvalue weighted by molar-refractivity contribution is 0.752. The summed E-state index contributed by atoms with van der Waals surface area (Å²) < 4.78 is 2.53. The van der Waals surface area contributed by atoms with Gasteiger partial charge in [-0.1, -0.05) is 170 Å². The van der Waals surface area contributed by atoms with Crippen molar-refractivity contribution in [3.8, 4) is 22.3 Å². The number of nitrogens with zero attached hydrogens (tertiary/aromatic N) is 3. The van der Waals surface area contributed by atoms with Crippen LogP contribution in [0.15, 0.2) is 273 Å². The van der Waals surface area contributed by atoms with Gasteiger partial charge in [0.2, 0.25) is 0 Å². The Kier molecular flexibility index (Phi) is 9.61. The highest BCUT2D eigenvalue weighted by atomic mass is 32.1. The van der Waals surface area contributed by atoms with Crippen molar-refractivity contribution in [3.63, 3.8) is 0 Å². The molecule has 1 aliphatic heterocycles. The molecule has 0 saturated carbocycles. The molecule has 334 valence electrons. The van der Waals surface area contributed by atoms with Gasteiger partial charge in [0, 0.05) is 54.3 Å². The number of benzene rings is 11. The van der Waals surface area contributed by atoms with Crippen molar-refractivity contribution < 1.29 is 0 Å². The van der Waals surface area contributed by atoms with Gasteiger partial charge in [-0.25, -0.2) is 0 Å². The summed E-state index contributed by atoms with van der Waals surface area (Å²) in [6.07, 6.45) is 0. The number of thiophene rings is 1. The minimum atomic E-state index is -0.542. The Balaban J connectivity index is 0.971. The van der Waals surface area contributed by atoms with E-state index < -0.39 is 5.41 Å². The molecule has 71 heavy (non-hydrogen) atoms. The topological polar surface area (TPSA) is 9.72 Å². The summed E-state index contributed by atoms with van der Waals surface area (Å²) in [5.41, 5.74) is 19.7. The van der Waals surface area contributed by atoms with Crippen LogP contribution in [0.5, 0.6) is 0 Å². The predicted octanol–water partition coefficient (Wildman–Crippen LogP) is 18.8. The minimum absolute atomic E-state index is 0.542. The molecule has 0 fully saturated rings. The number of fused-ring (bicyclic) bond motifs is 12. The Morgan fingerprint density at radius 1 is 0.324 bits per heavy atom. The molecule has 12 aromatic rings. The molecule has 0 atom stereocenters. The lowest BCUT2D eigenvalue weighted by Crippen LogP contribution is -2.36. The van der Waals surface area contributed by atoms with Gasteiger partial charge in [-0.3, -0.25) is 0 Å². The van der Waals surface area contributed by atoms with Crippen molar-refractivity contribution in [2.24, 2.45) is 0 Å².